The van der Waals surface area contributed by atoms with E-state index in [1.807, 2.05) is 0 Å². The van der Waals surface area contributed by atoms with Crippen molar-refractivity contribution in [1.29, 1.82) is 0 Å². The van der Waals surface area contributed by atoms with E-state index in [0.29, 0.717) is 29.6 Å². The van der Waals surface area contributed by atoms with E-state index in [4.69, 9.17) is 4.42 Å². The Morgan fingerprint density at radius 3 is 3.10 bits per heavy atom. The number of nitro benzene ring substituents is 1. The zero-order valence-corrected chi connectivity index (χ0v) is 11.5. The first-order valence-electron chi connectivity index (χ1n) is 7.09. The molecule has 0 amide bonds. The van der Waals surface area contributed by atoms with E-state index < -0.39 is 4.92 Å². The first kappa shape index (κ1) is 13.8. The normalized spacial score (nSPS) is 22.3. The number of aliphatic hydroxyl groups excluding tert-OH is 1. The van der Waals surface area contributed by atoms with E-state index in [1.54, 1.807) is 6.07 Å². The number of anilines is 1. The third kappa shape index (κ3) is 3.13. The molecule has 7 nitrogen and oxygen atoms in total. The van der Waals surface area contributed by atoms with Gasteiger partial charge in [0.05, 0.1) is 11.0 Å². The van der Waals surface area contributed by atoms with Crippen LogP contribution in [0.15, 0.2) is 22.6 Å². The molecule has 2 N–H and O–H groups in total. The lowest BCUT2D eigenvalue weighted by molar-refractivity contribution is -0.384. The Morgan fingerprint density at radius 1 is 1.48 bits per heavy atom. The summed E-state index contributed by atoms with van der Waals surface area (Å²) in [5, 5.41) is 23.5. The van der Waals surface area contributed by atoms with Crippen molar-refractivity contribution in [3.8, 4) is 0 Å². The van der Waals surface area contributed by atoms with Gasteiger partial charge in [-0.15, -0.1) is 0 Å². The van der Waals surface area contributed by atoms with Gasteiger partial charge in [0, 0.05) is 18.7 Å². The van der Waals surface area contributed by atoms with Gasteiger partial charge >= 0.3 is 0 Å². The highest BCUT2D eigenvalue weighted by molar-refractivity contribution is 5.77. The highest BCUT2D eigenvalue weighted by Gasteiger charge is 2.20. The second-order valence-corrected chi connectivity index (χ2v) is 5.50. The molecule has 112 valence electrons. The number of benzene rings is 1. The first-order chi connectivity index (χ1) is 10.1. The van der Waals surface area contributed by atoms with E-state index in [9.17, 15) is 15.2 Å². The van der Waals surface area contributed by atoms with Crippen LogP contribution in [0, 0.1) is 16.0 Å². The standard InChI is InChI=1S/C14H17N3O4/c18-11-3-1-2-9(6-11)8-15-14-16-12-7-10(17(19)20)4-5-13(12)21-14/h4-5,7,9,11,18H,1-3,6,8H2,(H,15,16). The van der Waals surface area contributed by atoms with Crippen LogP contribution in [0.3, 0.4) is 0 Å². The predicted molar refractivity (Wildman–Crippen MR) is 77.1 cm³/mol. The minimum Gasteiger partial charge on any atom is -0.424 e. The van der Waals surface area contributed by atoms with Crippen LogP contribution in [0.5, 0.6) is 0 Å². The molecular weight excluding hydrogens is 274 g/mol. The van der Waals surface area contributed by atoms with Gasteiger partial charge in [-0.05, 0) is 31.2 Å². The van der Waals surface area contributed by atoms with E-state index >= 15 is 0 Å². The Labute approximate surface area is 121 Å². The Morgan fingerprint density at radius 2 is 2.33 bits per heavy atom. The van der Waals surface area contributed by atoms with Crippen molar-refractivity contribution in [2.75, 3.05) is 11.9 Å². The van der Waals surface area contributed by atoms with Crippen LogP contribution in [0.25, 0.3) is 11.1 Å². The molecule has 2 atom stereocenters. The maximum Gasteiger partial charge on any atom is 0.295 e. The molecule has 1 aliphatic rings. The molecule has 1 aromatic heterocycles. The van der Waals surface area contributed by atoms with E-state index in [1.165, 1.54) is 12.1 Å². The monoisotopic (exact) mass is 291 g/mol. The summed E-state index contributed by atoms with van der Waals surface area (Å²) in [5.74, 6) is 0.401. The van der Waals surface area contributed by atoms with Crippen LogP contribution in [0.4, 0.5) is 11.7 Å². The van der Waals surface area contributed by atoms with Crippen molar-refractivity contribution < 1.29 is 14.4 Å². The fourth-order valence-electron chi connectivity index (χ4n) is 2.78. The molecule has 2 unspecified atom stereocenters. The van der Waals surface area contributed by atoms with Crippen molar-refractivity contribution >= 4 is 22.8 Å². The van der Waals surface area contributed by atoms with Crippen LogP contribution >= 0.6 is 0 Å². The van der Waals surface area contributed by atoms with E-state index in [2.05, 4.69) is 10.3 Å². The molecular formula is C14H17N3O4. The number of fused-ring (bicyclic) bond motifs is 1. The van der Waals surface area contributed by atoms with Crippen molar-refractivity contribution in [2.45, 2.75) is 31.8 Å². The number of hydrogen-bond donors (Lipinski definition) is 2. The molecule has 1 aromatic carbocycles. The van der Waals surface area contributed by atoms with Gasteiger partial charge in [-0.1, -0.05) is 6.42 Å². The molecule has 7 heteroatoms. The van der Waals surface area contributed by atoms with Gasteiger partial charge in [0.1, 0.15) is 5.52 Å². The highest BCUT2D eigenvalue weighted by atomic mass is 16.6. The molecule has 1 heterocycles. The van der Waals surface area contributed by atoms with Gasteiger partial charge in [0.2, 0.25) is 0 Å². The highest BCUT2D eigenvalue weighted by Crippen LogP contribution is 2.26. The predicted octanol–water partition coefficient (Wildman–Crippen LogP) is 2.70. The van der Waals surface area contributed by atoms with Gasteiger partial charge in [-0.3, -0.25) is 10.1 Å². The van der Waals surface area contributed by atoms with Gasteiger partial charge in [0.15, 0.2) is 5.58 Å². The summed E-state index contributed by atoms with van der Waals surface area (Å²) in [4.78, 5) is 14.5. The Bertz CT molecular complexity index is 655. The van der Waals surface area contributed by atoms with Gasteiger partial charge in [0.25, 0.3) is 11.7 Å². The number of nitrogens with zero attached hydrogens (tertiary/aromatic N) is 2. The number of hydrogen-bond acceptors (Lipinski definition) is 6. The number of non-ortho nitro benzene ring substituents is 1. The molecule has 0 saturated heterocycles. The fourth-order valence-corrected chi connectivity index (χ4v) is 2.78. The summed E-state index contributed by atoms with van der Waals surface area (Å²) in [7, 11) is 0. The van der Waals surface area contributed by atoms with E-state index in [-0.39, 0.29) is 11.8 Å². The zero-order chi connectivity index (χ0) is 14.8. The molecule has 1 fully saturated rings. The summed E-state index contributed by atoms with van der Waals surface area (Å²) >= 11 is 0. The van der Waals surface area contributed by atoms with Crippen LogP contribution in [-0.4, -0.2) is 27.7 Å². The lowest BCUT2D eigenvalue weighted by Gasteiger charge is -2.25. The van der Waals surface area contributed by atoms with Crippen molar-refractivity contribution in [2.24, 2.45) is 5.92 Å². The van der Waals surface area contributed by atoms with Crippen LogP contribution in [-0.2, 0) is 0 Å². The number of aromatic nitrogens is 1. The molecule has 21 heavy (non-hydrogen) atoms. The lowest BCUT2D eigenvalue weighted by atomic mass is 9.87. The third-order valence-corrected chi connectivity index (χ3v) is 3.88. The lowest BCUT2D eigenvalue weighted by Crippen LogP contribution is -2.25. The number of nitrogens with one attached hydrogen (secondary N) is 1. The maximum atomic E-state index is 10.7. The molecule has 0 aliphatic heterocycles. The largest absolute Gasteiger partial charge is 0.424 e. The van der Waals surface area contributed by atoms with Crippen molar-refractivity contribution in [1.82, 2.24) is 4.98 Å². The summed E-state index contributed by atoms with van der Waals surface area (Å²) in [6, 6.07) is 4.71. The number of oxazole rings is 1. The molecule has 1 aliphatic carbocycles. The molecule has 0 radical (unpaired) electrons. The minimum atomic E-state index is -0.454. The molecule has 1 saturated carbocycles. The average molecular weight is 291 g/mol. The first-order valence-corrected chi connectivity index (χ1v) is 7.09. The summed E-state index contributed by atoms with van der Waals surface area (Å²) in [6.45, 7) is 0.686. The van der Waals surface area contributed by atoms with E-state index in [0.717, 1.165) is 25.7 Å². The number of nitro groups is 1. The van der Waals surface area contributed by atoms with Gasteiger partial charge < -0.3 is 14.8 Å². The summed E-state index contributed by atoms with van der Waals surface area (Å²) < 4.78 is 5.51. The maximum absolute atomic E-state index is 10.7. The molecule has 0 bridgehead atoms. The summed E-state index contributed by atoms with van der Waals surface area (Å²) in [5.41, 5.74) is 0.986. The minimum absolute atomic E-state index is 0.00208. The third-order valence-electron chi connectivity index (χ3n) is 3.88. The number of rotatable bonds is 4. The number of aliphatic hydroxyl groups is 1. The molecule has 2 aromatic rings. The Kier molecular flexibility index (Phi) is 3.74. The van der Waals surface area contributed by atoms with Crippen molar-refractivity contribution in [3.63, 3.8) is 0 Å². The van der Waals surface area contributed by atoms with Crippen LogP contribution in [0.1, 0.15) is 25.7 Å². The zero-order valence-electron chi connectivity index (χ0n) is 11.5. The second kappa shape index (κ2) is 5.69. The van der Waals surface area contributed by atoms with Crippen molar-refractivity contribution in [3.05, 3.63) is 28.3 Å². The molecule has 3 rings (SSSR count). The van der Waals surface area contributed by atoms with Gasteiger partial charge in [-0.2, -0.15) is 4.98 Å². The van der Waals surface area contributed by atoms with Crippen LogP contribution in [0.2, 0.25) is 0 Å². The SMILES string of the molecule is O=[N+]([O-])c1ccc2oc(NCC3CCCC(O)C3)nc2c1. The molecule has 0 spiro atoms. The quantitative estimate of drug-likeness (QED) is 0.663. The summed E-state index contributed by atoms with van der Waals surface area (Å²) in [6.07, 6.45) is 3.57. The second-order valence-electron chi connectivity index (χ2n) is 5.50. The smallest absolute Gasteiger partial charge is 0.295 e. The Hall–Kier alpha value is -2.15. The van der Waals surface area contributed by atoms with Gasteiger partial charge in [-0.25, -0.2) is 0 Å². The van der Waals surface area contributed by atoms with Crippen LogP contribution < -0.4 is 5.32 Å². The fraction of sp³-hybridized carbons (Fsp3) is 0.500. The Balaban J connectivity index is 1.68. The average Bonchev–Trinajstić information content (AvgIpc) is 2.87. The topological polar surface area (TPSA) is 101 Å².